The first-order valence-corrected chi connectivity index (χ1v) is 10.9. The first kappa shape index (κ1) is 22.3. The van der Waals surface area contributed by atoms with E-state index in [-0.39, 0.29) is 29.0 Å². The summed E-state index contributed by atoms with van der Waals surface area (Å²) in [7, 11) is 0. The summed E-state index contributed by atoms with van der Waals surface area (Å²) < 4.78 is 34.3. The maximum absolute atomic E-state index is 13.5. The van der Waals surface area contributed by atoms with Crippen LogP contribution in [0.2, 0.25) is 0 Å². The minimum Gasteiger partial charge on any atom is -0.457 e. The standard InChI is InChI=1S/C25H21F2N5O3/c1-2-21(33)31-8-7-14(12-31)20-13-32(23-22(20)25(34)30-29-24(23)28)17-3-5-18(6-4-17)35-19-10-15(26)9-16(27)11-19/h2-6,9-11,13-14H,1,7-8,12H2,(H2,28,29)(H,30,34). The van der Waals surface area contributed by atoms with Crippen LogP contribution < -0.4 is 16.0 Å². The Hall–Kier alpha value is -4.47. The molecule has 1 atom stereocenters. The number of nitrogen functional groups attached to an aromatic ring is 1. The number of benzene rings is 2. The molecule has 2 aromatic carbocycles. The molecule has 1 aliphatic heterocycles. The van der Waals surface area contributed by atoms with Crippen LogP contribution >= 0.6 is 0 Å². The van der Waals surface area contributed by atoms with E-state index >= 15 is 0 Å². The van der Waals surface area contributed by atoms with Crippen LogP contribution in [0.1, 0.15) is 17.9 Å². The van der Waals surface area contributed by atoms with E-state index in [1.807, 2.05) is 6.20 Å². The predicted octanol–water partition coefficient (Wildman–Crippen LogP) is 3.87. The zero-order valence-corrected chi connectivity index (χ0v) is 18.5. The fraction of sp³-hybridized carbons (Fsp3) is 0.160. The highest BCUT2D eigenvalue weighted by Crippen LogP contribution is 2.35. The number of nitrogens with zero attached hydrogens (tertiary/aromatic N) is 3. The van der Waals surface area contributed by atoms with Crippen LogP contribution in [-0.2, 0) is 4.79 Å². The minimum atomic E-state index is -0.739. The zero-order valence-electron chi connectivity index (χ0n) is 18.5. The van der Waals surface area contributed by atoms with Gasteiger partial charge in [0.05, 0.1) is 5.39 Å². The lowest BCUT2D eigenvalue weighted by Gasteiger charge is -2.13. The molecule has 1 aliphatic rings. The first-order chi connectivity index (χ1) is 16.8. The lowest BCUT2D eigenvalue weighted by atomic mass is 9.99. The summed E-state index contributed by atoms with van der Waals surface area (Å²) in [6.07, 6.45) is 3.81. The van der Waals surface area contributed by atoms with Crippen LogP contribution in [0.4, 0.5) is 14.6 Å². The molecule has 3 N–H and O–H groups in total. The van der Waals surface area contributed by atoms with Gasteiger partial charge in [0.15, 0.2) is 5.82 Å². The maximum Gasteiger partial charge on any atom is 0.274 e. The highest BCUT2D eigenvalue weighted by molar-refractivity contribution is 5.92. The van der Waals surface area contributed by atoms with Crippen molar-refractivity contribution in [1.29, 1.82) is 0 Å². The molecule has 8 nitrogen and oxygen atoms in total. The number of amides is 1. The Morgan fingerprint density at radius 3 is 2.57 bits per heavy atom. The number of fused-ring (bicyclic) bond motifs is 1. The minimum absolute atomic E-state index is 0.0313. The summed E-state index contributed by atoms with van der Waals surface area (Å²) in [6.45, 7) is 4.57. The summed E-state index contributed by atoms with van der Waals surface area (Å²) in [5.41, 5.74) is 7.69. The smallest absolute Gasteiger partial charge is 0.274 e. The average Bonchev–Trinajstić information content (AvgIpc) is 3.47. The van der Waals surface area contributed by atoms with E-state index in [4.69, 9.17) is 10.5 Å². The molecular weight excluding hydrogens is 456 g/mol. The van der Waals surface area contributed by atoms with E-state index in [2.05, 4.69) is 16.8 Å². The molecule has 178 valence electrons. The predicted molar refractivity (Wildman–Crippen MR) is 127 cm³/mol. The molecule has 1 saturated heterocycles. The fourth-order valence-electron chi connectivity index (χ4n) is 4.49. The molecule has 3 heterocycles. The second kappa shape index (κ2) is 8.71. The number of nitrogens with two attached hydrogens (primary N) is 1. The van der Waals surface area contributed by atoms with Crippen LogP contribution in [0.25, 0.3) is 16.6 Å². The molecule has 1 fully saturated rings. The Morgan fingerprint density at radius 1 is 1.17 bits per heavy atom. The monoisotopic (exact) mass is 477 g/mol. The van der Waals surface area contributed by atoms with E-state index < -0.39 is 11.6 Å². The largest absolute Gasteiger partial charge is 0.457 e. The number of carbonyl (C=O) groups is 1. The van der Waals surface area contributed by atoms with Crippen molar-refractivity contribution in [3.05, 3.63) is 88.9 Å². The number of ether oxygens (including phenoxy) is 1. The van der Waals surface area contributed by atoms with Crippen molar-refractivity contribution in [2.24, 2.45) is 0 Å². The molecule has 2 aromatic heterocycles. The van der Waals surface area contributed by atoms with Crippen molar-refractivity contribution in [2.45, 2.75) is 12.3 Å². The number of aromatic nitrogens is 3. The molecule has 4 aromatic rings. The van der Waals surface area contributed by atoms with Crippen molar-refractivity contribution in [1.82, 2.24) is 19.7 Å². The summed E-state index contributed by atoms with van der Waals surface area (Å²) in [6, 6.07) is 9.68. The van der Waals surface area contributed by atoms with Gasteiger partial charge in [-0.05, 0) is 42.3 Å². The van der Waals surface area contributed by atoms with Crippen LogP contribution in [0.5, 0.6) is 11.5 Å². The van der Waals surface area contributed by atoms with Gasteiger partial charge < -0.3 is 19.9 Å². The third kappa shape index (κ3) is 4.14. The zero-order chi connectivity index (χ0) is 24.7. The van der Waals surface area contributed by atoms with Crippen LogP contribution in [-0.4, -0.2) is 38.7 Å². The average molecular weight is 477 g/mol. The Balaban J connectivity index is 1.52. The SMILES string of the molecule is C=CC(=O)N1CCC(c2cn(-c3ccc(Oc4cc(F)cc(F)c4)cc3)c3c(N)n[nH]c(=O)c23)C1. The van der Waals surface area contributed by atoms with Gasteiger partial charge in [0.25, 0.3) is 5.56 Å². The van der Waals surface area contributed by atoms with Crippen molar-refractivity contribution >= 4 is 22.6 Å². The van der Waals surface area contributed by atoms with Gasteiger partial charge in [0.2, 0.25) is 5.91 Å². The Bertz CT molecular complexity index is 1490. The third-order valence-corrected chi connectivity index (χ3v) is 6.08. The van der Waals surface area contributed by atoms with Gasteiger partial charge in [-0.25, -0.2) is 13.9 Å². The van der Waals surface area contributed by atoms with Crippen LogP contribution in [0, 0.1) is 11.6 Å². The first-order valence-electron chi connectivity index (χ1n) is 10.9. The van der Waals surface area contributed by atoms with E-state index in [0.717, 1.165) is 23.8 Å². The molecule has 1 unspecified atom stereocenters. The van der Waals surface area contributed by atoms with Gasteiger partial charge in [-0.2, -0.15) is 5.10 Å². The van der Waals surface area contributed by atoms with Gasteiger partial charge in [-0.3, -0.25) is 9.59 Å². The normalized spacial score (nSPS) is 15.5. The van der Waals surface area contributed by atoms with E-state index in [1.165, 1.54) is 6.08 Å². The molecule has 10 heteroatoms. The quantitative estimate of drug-likeness (QED) is 0.425. The summed E-state index contributed by atoms with van der Waals surface area (Å²) in [5, 5.41) is 6.79. The molecule has 0 spiro atoms. The van der Waals surface area contributed by atoms with Crippen LogP contribution in [0.15, 0.2) is 66.1 Å². The number of H-pyrrole nitrogens is 1. The molecular formula is C25H21F2N5O3. The molecule has 0 bridgehead atoms. The Kier molecular flexibility index (Phi) is 5.56. The van der Waals surface area contributed by atoms with Gasteiger partial charge in [-0.15, -0.1) is 0 Å². The Morgan fingerprint density at radius 2 is 1.89 bits per heavy atom. The van der Waals surface area contributed by atoms with Gasteiger partial charge >= 0.3 is 0 Å². The molecule has 0 saturated carbocycles. The fourth-order valence-corrected chi connectivity index (χ4v) is 4.49. The van der Waals surface area contributed by atoms with Crippen LogP contribution in [0.3, 0.4) is 0 Å². The number of halogens is 2. The number of aromatic amines is 1. The lowest BCUT2D eigenvalue weighted by molar-refractivity contribution is -0.125. The maximum atomic E-state index is 13.5. The number of rotatable bonds is 5. The van der Waals surface area contributed by atoms with Crippen molar-refractivity contribution in [3.63, 3.8) is 0 Å². The molecule has 1 amide bonds. The highest BCUT2D eigenvalue weighted by atomic mass is 19.1. The third-order valence-electron chi connectivity index (χ3n) is 6.08. The topological polar surface area (TPSA) is 106 Å². The van der Waals surface area contributed by atoms with E-state index in [9.17, 15) is 18.4 Å². The van der Waals surface area contributed by atoms with Gasteiger partial charge in [-0.1, -0.05) is 6.58 Å². The van der Waals surface area contributed by atoms with Crippen molar-refractivity contribution in [2.75, 3.05) is 18.8 Å². The number of hydrogen-bond donors (Lipinski definition) is 2. The molecule has 0 radical (unpaired) electrons. The number of hydrogen-bond acceptors (Lipinski definition) is 5. The summed E-state index contributed by atoms with van der Waals surface area (Å²) in [4.78, 5) is 26.5. The van der Waals surface area contributed by atoms with Crippen molar-refractivity contribution in [3.8, 4) is 17.2 Å². The van der Waals surface area contributed by atoms with E-state index in [1.54, 1.807) is 33.7 Å². The summed E-state index contributed by atoms with van der Waals surface area (Å²) in [5.74, 6) is -1.14. The molecule has 0 aliphatic carbocycles. The number of carbonyl (C=O) groups excluding carboxylic acids is 1. The second-order valence-electron chi connectivity index (χ2n) is 8.29. The number of nitrogens with one attached hydrogen (secondary N) is 1. The molecule has 5 rings (SSSR count). The summed E-state index contributed by atoms with van der Waals surface area (Å²) >= 11 is 0. The van der Waals surface area contributed by atoms with E-state index in [0.29, 0.717) is 41.9 Å². The van der Waals surface area contributed by atoms with Crippen molar-refractivity contribution < 1.29 is 18.3 Å². The molecule has 35 heavy (non-hydrogen) atoms. The lowest BCUT2D eigenvalue weighted by Crippen LogP contribution is -2.26. The Labute approximate surface area is 198 Å². The second-order valence-corrected chi connectivity index (χ2v) is 8.29. The number of anilines is 1. The number of likely N-dealkylation sites (tertiary alicyclic amines) is 1. The van der Waals surface area contributed by atoms with Gasteiger partial charge in [0, 0.05) is 49.1 Å². The highest BCUT2D eigenvalue weighted by Gasteiger charge is 2.30. The van der Waals surface area contributed by atoms with Gasteiger partial charge in [0.1, 0.15) is 28.7 Å².